The minimum Gasteiger partial charge on any atom is -0.388 e. The number of hydrogen-bond donors (Lipinski definition) is 1. The third-order valence-electron chi connectivity index (χ3n) is 2.90. The molecule has 13 heavy (non-hydrogen) atoms. The number of nitrogens with one attached hydrogen (secondary N) is 1. The zero-order valence-corrected chi connectivity index (χ0v) is 8.78. The molecule has 1 saturated carbocycles. The van der Waals surface area contributed by atoms with Gasteiger partial charge in [-0.2, -0.15) is 0 Å². The molecule has 0 saturated heterocycles. The van der Waals surface area contributed by atoms with Crippen molar-refractivity contribution >= 4 is 17.3 Å². The van der Waals surface area contributed by atoms with Crippen molar-refractivity contribution in [1.29, 1.82) is 0 Å². The van der Waals surface area contributed by atoms with E-state index in [4.69, 9.17) is 11.6 Å². The third-order valence-corrected chi connectivity index (χ3v) is 3.14. The van der Waals surface area contributed by atoms with Crippen molar-refractivity contribution in [2.75, 3.05) is 12.4 Å². The van der Waals surface area contributed by atoms with E-state index in [-0.39, 0.29) is 0 Å². The molecule has 1 fully saturated rings. The van der Waals surface area contributed by atoms with E-state index in [1.165, 1.54) is 24.1 Å². The number of hydrogen-bond acceptors (Lipinski definition) is 1. The van der Waals surface area contributed by atoms with Gasteiger partial charge in [0.2, 0.25) is 0 Å². The molecule has 1 nitrogen and oxygen atoms in total. The Bertz CT molecular complexity index is 329. The van der Waals surface area contributed by atoms with Gasteiger partial charge in [-0.05, 0) is 42.0 Å². The van der Waals surface area contributed by atoms with E-state index in [1.807, 2.05) is 13.1 Å². The average molecular weight is 196 g/mol. The van der Waals surface area contributed by atoms with Crippen molar-refractivity contribution in [3.05, 3.63) is 28.8 Å². The van der Waals surface area contributed by atoms with Gasteiger partial charge < -0.3 is 5.32 Å². The molecule has 2 rings (SSSR count). The van der Waals surface area contributed by atoms with Gasteiger partial charge >= 0.3 is 0 Å². The van der Waals surface area contributed by atoms with Crippen molar-refractivity contribution in [1.82, 2.24) is 0 Å². The number of rotatable bonds is 2. The summed E-state index contributed by atoms with van der Waals surface area (Å²) in [6.45, 7) is 2.29. The maximum atomic E-state index is 5.98. The van der Waals surface area contributed by atoms with E-state index >= 15 is 0 Å². The molecule has 1 aliphatic rings. The Balaban J connectivity index is 2.47. The Kier molecular flexibility index (Phi) is 1.99. The van der Waals surface area contributed by atoms with E-state index in [0.29, 0.717) is 5.41 Å². The van der Waals surface area contributed by atoms with Gasteiger partial charge in [0.15, 0.2) is 0 Å². The predicted molar refractivity (Wildman–Crippen MR) is 57.6 cm³/mol. The van der Waals surface area contributed by atoms with Crippen LogP contribution in [0.3, 0.4) is 0 Å². The minimum absolute atomic E-state index is 0.378. The topological polar surface area (TPSA) is 12.0 Å². The first-order valence-electron chi connectivity index (χ1n) is 4.63. The van der Waals surface area contributed by atoms with Gasteiger partial charge in [-0.25, -0.2) is 0 Å². The first-order chi connectivity index (χ1) is 6.15. The van der Waals surface area contributed by atoms with Crippen LogP contribution in [-0.4, -0.2) is 7.05 Å². The lowest BCUT2D eigenvalue weighted by molar-refractivity contribution is 0.790. The summed E-state index contributed by atoms with van der Waals surface area (Å²) < 4.78 is 0. The van der Waals surface area contributed by atoms with Gasteiger partial charge in [0.05, 0.1) is 0 Å². The summed E-state index contributed by atoms with van der Waals surface area (Å²) in [7, 11) is 1.96. The highest BCUT2D eigenvalue weighted by molar-refractivity contribution is 6.30. The van der Waals surface area contributed by atoms with Crippen LogP contribution < -0.4 is 5.32 Å². The molecule has 1 aliphatic carbocycles. The standard InChI is InChI=1S/C11H14ClN/c1-11(5-6-11)9-7-8(12)3-4-10(9)13-2/h3-4,7,13H,5-6H2,1-2H3. The fraction of sp³-hybridized carbons (Fsp3) is 0.455. The van der Waals surface area contributed by atoms with E-state index in [9.17, 15) is 0 Å². The lowest BCUT2D eigenvalue weighted by Gasteiger charge is -2.14. The molecule has 0 amide bonds. The van der Waals surface area contributed by atoms with Crippen LogP contribution in [0.5, 0.6) is 0 Å². The Morgan fingerprint density at radius 3 is 2.62 bits per heavy atom. The van der Waals surface area contributed by atoms with Crippen LogP contribution in [0, 0.1) is 0 Å². The van der Waals surface area contributed by atoms with Crippen molar-refractivity contribution in [2.24, 2.45) is 0 Å². The van der Waals surface area contributed by atoms with Gasteiger partial charge in [0, 0.05) is 17.8 Å². The molecule has 0 spiro atoms. The Labute approximate surface area is 84.1 Å². The van der Waals surface area contributed by atoms with Gasteiger partial charge in [0.1, 0.15) is 0 Å². The van der Waals surface area contributed by atoms with Gasteiger partial charge in [-0.1, -0.05) is 18.5 Å². The SMILES string of the molecule is CNc1ccc(Cl)cc1C1(C)CC1. The smallest absolute Gasteiger partial charge is 0.0410 e. The molecule has 0 aromatic heterocycles. The van der Waals surface area contributed by atoms with Crippen LogP contribution in [0.15, 0.2) is 18.2 Å². The van der Waals surface area contributed by atoms with Crippen molar-refractivity contribution in [2.45, 2.75) is 25.2 Å². The maximum absolute atomic E-state index is 5.98. The molecular formula is C11H14ClN. The molecule has 0 heterocycles. The Hall–Kier alpha value is -0.690. The summed E-state index contributed by atoms with van der Waals surface area (Å²) in [5, 5.41) is 4.05. The zero-order valence-electron chi connectivity index (χ0n) is 8.02. The van der Waals surface area contributed by atoms with E-state index in [1.54, 1.807) is 0 Å². The molecule has 70 valence electrons. The quantitative estimate of drug-likeness (QED) is 0.763. The van der Waals surface area contributed by atoms with Gasteiger partial charge in [0.25, 0.3) is 0 Å². The molecule has 0 radical (unpaired) electrons. The summed E-state index contributed by atoms with van der Waals surface area (Å²) >= 11 is 5.98. The highest BCUT2D eigenvalue weighted by Crippen LogP contribution is 2.50. The molecule has 1 aromatic carbocycles. The van der Waals surface area contributed by atoms with Gasteiger partial charge in [-0.3, -0.25) is 0 Å². The van der Waals surface area contributed by atoms with Crippen LogP contribution in [0.2, 0.25) is 5.02 Å². The van der Waals surface area contributed by atoms with Crippen molar-refractivity contribution < 1.29 is 0 Å². The van der Waals surface area contributed by atoms with Crippen LogP contribution in [0.4, 0.5) is 5.69 Å². The molecule has 0 aliphatic heterocycles. The van der Waals surface area contributed by atoms with Gasteiger partial charge in [-0.15, -0.1) is 0 Å². The second-order valence-electron chi connectivity index (χ2n) is 4.00. The van der Waals surface area contributed by atoms with Crippen LogP contribution >= 0.6 is 11.6 Å². The lowest BCUT2D eigenvalue weighted by atomic mass is 9.96. The highest BCUT2D eigenvalue weighted by Gasteiger charge is 2.40. The molecule has 1 N–H and O–H groups in total. The normalized spacial score (nSPS) is 18.4. The van der Waals surface area contributed by atoms with Crippen molar-refractivity contribution in [3.63, 3.8) is 0 Å². The van der Waals surface area contributed by atoms with E-state index < -0.39 is 0 Å². The molecule has 0 atom stereocenters. The molecule has 1 aromatic rings. The second kappa shape index (κ2) is 2.91. The molecular weight excluding hydrogens is 182 g/mol. The molecule has 0 unspecified atom stereocenters. The van der Waals surface area contributed by atoms with E-state index in [2.05, 4.69) is 24.4 Å². The Morgan fingerprint density at radius 2 is 2.08 bits per heavy atom. The lowest BCUT2D eigenvalue weighted by Crippen LogP contribution is -2.04. The summed E-state index contributed by atoms with van der Waals surface area (Å²) in [6, 6.07) is 6.07. The van der Waals surface area contributed by atoms with Crippen LogP contribution in [0.25, 0.3) is 0 Å². The largest absolute Gasteiger partial charge is 0.388 e. The summed E-state index contributed by atoms with van der Waals surface area (Å²) in [4.78, 5) is 0. The van der Waals surface area contributed by atoms with Crippen LogP contribution in [-0.2, 0) is 5.41 Å². The fourth-order valence-electron chi connectivity index (χ4n) is 1.69. The zero-order chi connectivity index (χ0) is 9.47. The fourth-order valence-corrected chi connectivity index (χ4v) is 1.86. The van der Waals surface area contributed by atoms with Crippen molar-refractivity contribution in [3.8, 4) is 0 Å². The first kappa shape index (κ1) is 8.89. The average Bonchev–Trinajstić information content (AvgIpc) is 2.85. The molecule has 0 bridgehead atoms. The number of benzene rings is 1. The third kappa shape index (κ3) is 1.53. The number of anilines is 1. The first-order valence-corrected chi connectivity index (χ1v) is 5.01. The predicted octanol–water partition coefficient (Wildman–Crippen LogP) is 3.43. The minimum atomic E-state index is 0.378. The monoisotopic (exact) mass is 195 g/mol. The van der Waals surface area contributed by atoms with E-state index in [0.717, 1.165) is 5.02 Å². The molecule has 2 heteroatoms. The number of halogens is 1. The Morgan fingerprint density at radius 1 is 1.38 bits per heavy atom. The maximum Gasteiger partial charge on any atom is 0.0410 e. The summed E-state index contributed by atoms with van der Waals surface area (Å²) in [6.07, 6.45) is 2.56. The summed E-state index contributed by atoms with van der Waals surface area (Å²) in [5.41, 5.74) is 2.95. The second-order valence-corrected chi connectivity index (χ2v) is 4.44. The van der Waals surface area contributed by atoms with Crippen LogP contribution in [0.1, 0.15) is 25.3 Å². The highest BCUT2D eigenvalue weighted by atomic mass is 35.5. The summed E-state index contributed by atoms with van der Waals surface area (Å²) in [5.74, 6) is 0.